The maximum Gasteiger partial charge on any atom is 0.272 e. The molecular formula is C17H23N3O2. The van der Waals surface area contributed by atoms with E-state index in [0.29, 0.717) is 38.4 Å². The van der Waals surface area contributed by atoms with E-state index >= 15 is 0 Å². The highest BCUT2D eigenvalue weighted by atomic mass is 16.3. The lowest BCUT2D eigenvalue weighted by Gasteiger charge is -2.21. The molecule has 1 atom stereocenters. The monoisotopic (exact) mass is 301 g/mol. The van der Waals surface area contributed by atoms with Crippen LogP contribution in [0.2, 0.25) is 0 Å². The summed E-state index contributed by atoms with van der Waals surface area (Å²) in [6, 6.07) is 5.41. The first-order valence-corrected chi connectivity index (χ1v) is 7.69. The first-order valence-electron chi connectivity index (χ1n) is 7.69. The molecule has 2 rings (SSSR count). The van der Waals surface area contributed by atoms with Gasteiger partial charge in [-0.3, -0.25) is 9.69 Å². The summed E-state index contributed by atoms with van der Waals surface area (Å²) in [4.78, 5) is 20.6. The van der Waals surface area contributed by atoms with Crippen molar-refractivity contribution in [1.82, 2.24) is 14.8 Å². The molecule has 1 aromatic rings. The van der Waals surface area contributed by atoms with E-state index in [0.717, 1.165) is 12.1 Å². The lowest BCUT2D eigenvalue weighted by molar-refractivity contribution is 0.0660. The Morgan fingerprint density at radius 2 is 2.18 bits per heavy atom. The number of pyridine rings is 1. The molecule has 0 aromatic carbocycles. The number of β-amino-alcohol motifs (C(OH)–C–C–N with tert-alkyl or cyclic N) is 1. The summed E-state index contributed by atoms with van der Waals surface area (Å²) in [7, 11) is 0. The standard InChI is InChI=1S/C17H23N3O2/c1-3-4-5-9-19-10-11-20(13-15(21)12-19)17(22)16-8-6-7-14(2)18-16/h6-8,15,21H,3,9-13H2,1-2H3. The van der Waals surface area contributed by atoms with Crippen molar-refractivity contribution >= 4 is 5.91 Å². The highest BCUT2D eigenvalue weighted by Gasteiger charge is 2.25. The fraction of sp³-hybridized carbons (Fsp3) is 0.529. The van der Waals surface area contributed by atoms with Crippen LogP contribution in [-0.2, 0) is 0 Å². The average molecular weight is 301 g/mol. The molecule has 1 aliphatic rings. The number of aromatic nitrogens is 1. The first-order chi connectivity index (χ1) is 10.6. The Kier molecular flexibility index (Phi) is 5.93. The Morgan fingerprint density at radius 1 is 1.36 bits per heavy atom. The average Bonchev–Trinajstić information content (AvgIpc) is 2.68. The lowest BCUT2D eigenvalue weighted by Crippen LogP contribution is -2.38. The largest absolute Gasteiger partial charge is 0.390 e. The number of aliphatic hydroxyl groups is 1. The van der Waals surface area contributed by atoms with Crippen molar-refractivity contribution in [2.45, 2.75) is 26.4 Å². The Morgan fingerprint density at radius 3 is 2.91 bits per heavy atom. The number of hydrogen-bond acceptors (Lipinski definition) is 4. The molecule has 118 valence electrons. The molecule has 1 fully saturated rings. The minimum absolute atomic E-state index is 0.121. The van der Waals surface area contributed by atoms with Gasteiger partial charge in [-0.2, -0.15) is 0 Å². The van der Waals surface area contributed by atoms with Gasteiger partial charge in [-0.1, -0.05) is 18.9 Å². The molecule has 1 saturated heterocycles. The summed E-state index contributed by atoms with van der Waals surface area (Å²) in [5.74, 6) is 6.00. The van der Waals surface area contributed by atoms with Crippen LogP contribution in [-0.4, -0.2) is 64.6 Å². The van der Waals surface area contributed by atoms with Gasteiger partial charge in [0.1, 0.15) is 5.69 Å². The molecular weight excluding hydrogens is 278 g/mol. The zero-order valence-corrected chi connectivity index (χ0v) is 13.2. The van der Waals surface area contributed by atoms with Gasteiger partial charge in [-0.05, 0) is 19.1 Å². The zero-order valence-electron chi connectivity index (χ0n) is 13.2. The van der Waals surface area contributed by atoms with Gasteiger partial charge in [0.2, 0.25) is 0 Å². The second kappa shape index (κ2) is 7.92. The molecule has 1 unspecified atom stereocenters. The molecule has 22 heavy (non-hydrogen) atoms. The molecule has 5 heteroatoms. The molecule has 0 radical (unpaired) electrons. The Labute approximate surface area is 131 Å². The fourth-order valence-electron chi connectivity index (χ4n) is 2.50. The van der Waals surface area contributed by atoms with E-state index in [2.05, 4.69) is 21.7 Å². The smallest absolute Gasteiger partial charge is 0.272 e. The fourth-order valence-corrected chi connectivity index (χ4v) is 2.50. The summed E-state index contributed by atoms with van der Waals surface area (Å²) in [5, 5.41) is 10.1. The predicted octanol–water partition coefficient (Wildman–Crippen LogP) is 0.922. The molecule has 1 amide bonds. The minimum Gasteiger partial charge on any atom is -0.390 e. The van der Waals surface area contributed by atoms with Crippen molar-refractivity contribution in [2.75, 3.05) is 32.7 Å². The van der Waals surface area contributed by atoms with Crippen molar-refractivity contribution in [3.05, 3.63) is 29.6 Å². The van der Waals surface area contributed by atoms with Gasteiger partial charge in [0.25, 0.3) is 5.91 Å². The molecule has 0 spiro atoms. The SMILES string of the molecule is CCC#CCN1CCN(C(=O)c2cccc(C)n2)CC(O)C1. The van der Waals surface area contributed by atoms with E-state index in [1.165, 1.54) is 0 Å². The zero-order chi connectivity index (χ0) is 15.9. The quantitative estimate of drug-likeness (QED) is 0.826. The van der Waals surface area contributed by atoms with Gasteiger partial charge in [-0.15, -0.1) is 5.92 Å². The Balaban J connectivity index is 2.02. The van der Waals surface area contributed by atoms with Crippen LogP contribution in [0.3, 0.4) is 0 Å². The van der Waals surface area contributed by atoms with Crippen LogP contribution in [0.25, 0.3) is 0 Å². The molecule has 1 aromatic heterocycles. The maximum absolute atomic E-state index is 12.5. The van der Waals surface area contributed by atoms with Gasteiger partial charge >= 0.3 is 0 Å². The van der Waals surface area contributed by atoms with Crippen LogP contribution < -0.4 is 0 Å². The van der Waals surface area contributed by atoms with E-state index in [1.807, 2.05) is 26.0 Å². The summed E-state index contributed by atoms with van der Waals surface area (Å²) in [5.41, 5.74) is 1.25. The first kappa shape index (κ1) is 16.5. The third kappa shape index (κ3) is 4.55. The van der Waals surface area contributed by atoms with E-state index < -0.39 is 6.10 Å². The van der Waals surface area contributed by atoms with E-state index in [4.69, 9.17) is 0 Å². The highest BCUT2D eigenvalue weighted by molar-refractivity contribution is 5.92. The summed E-state index contributed by atoms with van der Waals surface area (Å²) < 4.78 is 0. The number of aliphatic hydroxyl groups excluding tert-OH is 1. The predicted molar refractivity (Wildman–Crippen MR) is 85.4 cm³/mol. The second-order valence-corrected chi connectivity index (χ2v) is 5.51. The molecule has 0 aliphatic carbocycles. The normalized spacial score (nSPS) is 19.2. The van der Waals surface area contributed by atoms with Crippen molar-refractivity contribution < 1.29 is 9.90 Å². The summed E-state index contributed by atoms with van der Waals surface area (Å²) >= 11 is 0. The van der Waals surface area contributed by atoms with E-state index in [-0.39, 0.29) is 5.91 Å². The van der Waals surface area contributed by atoms with Gasteiger partial charge in [0.05, 0.1) is 12.6 Å². The van der Waals surface area contributed by atoms with E-state index in [9.17, 15) is 9.90 Å². The van der Waals surface area contributed by atoms with Crippen LogP contribution >= 0.6 is 0 Å². The van der Waals surface area contributed by atoms with Gasteiger partial charge in [0.15, 0.2) is 0 Å². The Hall–Kier alpha value is -1.90. The number of amides is 1. The van der Waals surface area contributed by atoms with Gasteiger partial charge < -0.3 is 10.0 Å². The van der Waals surface area contributed by atoms with Gasteiger partial charge in [0, 0.05) is 38.3 Å². The minimum atomic E-state index is -0.556. The lowest BCUT2D eigenvalue weighted by atomic mass is 10.2. The van der Waals surface area contributed by atoms with Crippen LogP contribution in [0.4, 0.5) is 0 Å². The number of carbonyl (C=O) groups excluding carboxylic acids is 1. The van der Waals surface area contributed by atoms with Crippen LogP contribution in [0.15, 0.2) is 18.2 Å². The topological polar surface area (TPSA) is 56.7 Å². The van der Waals surface area contributed by atoms with Crippen molar-refractivity contribution in [3.8, 4) is 11.8 Å². The van der Waals surface area contributed by atoms with Crippen LogP contribution in [0, 0.1) is 18.8 Å². The van der Waals surface area contributed by atoms with Crippen LogP contribution in [0.1, 0.15) is 29.5 Å². The number of rotatable bonds is 2. The van der Waals surface area contributed by atoms with Crippen molar-refractivity contribution in [2.24, 2.45) is 0 Å². The molecule has 0 saturated carbocycles. The number of aryl methyl sites for hydroxylation is 1. The van der Waals surface area contributed by atoms with Crippen molar-refractivity contribution in [3.63, 3.8) is 0 Å². The maximum atomic E-state index is 12.5. The highest BCUT2D eigenvalue weighted by Crippen LogP contribution is 2.09. The molecule has 5 nitrogen and oxygen atoms in total. The van der Waals surface area contributed by atoms with E-state index in [1.54, 1.807) is 11.0 Å². The molecule has 0 bridgehead atoms. The van der Waals surface area contributed by atoms with Crippen LogP contribution in [0.5, 0.6) is 0 Å². The molecule has 2 heterocycles. The summed E-state index contributed by atoms with van der Waals surface area (Å²) in [6.07, 6.45) is 0.278. The third-order valence-corrected chi connectivity index (χ3v) is 3.59. The third-order valence-electron chi connectivity index (χ3n) is 3.59. The number of hydrogen-bond donors (Lipinski definition) is 1. The molecule has 1 aliphatic heterocycles. The van der Waals surface area contributed by atoms with Gasteiger partial charge in [-0.25, -0.2) is 4.98 Å². The summed E-state index contributed by atoms with van der Waals surface area (Å²) in [6.45, 7) is 6.69. The van der Waals surface area contributed by atoms with Crippen molar-refractivity contribution in [1.29, 1.82) is 0 Å². The molecule has 1 N–H and O–H groups in total. The second-order valence-electron chi connectivity index (χ2n) is 5.51. The number of nitrogens with zero attached hydrogens (tertiary/aromatic N) is 3. The Bertz CT molecular complexity index is 577. The number of carbonyl (C=O) groups is 1.